The first kappa shape index (κ1) is 46.0. The second-order valence-electron chi connectivity index (χ2n) is 15.6. The van der Waals surface area contributed by atoms with Crippen LogP contribution in [0.3, 0.4) is 0 Å². The molecule has 0 bridgehead atoms. The Morgan fingerprint density at radius 3 is 2.06 bits per heavy atom. The van der Waals surface area contributed by atoms with E-state index in [4.69, 9.17) is 14.2 Å². The molecule has 1 saturated heterocycles. The Bertz CT molecular complexity index is 1330. The maximum atomic E-state index is 14.5. The van der Waals surface area contributed by atoms with Gasteiger partial charge in [-0.15, -0.1) is 0 Å². The van der Waals surface area contributed by atoms with Crippen LogP contribution in [-0.4, -0.2) is 124 Å². The molecule has 2 rings (SSSR count). The number of amides is 4. The highest BCUT2D eigenvalue weighted by Gasteiger charge is 2.53. The summed E-state index contributed by atoms with van der Waals surface area (Å²) in [5, 5.41) is 9.01. The van der Waals surface area contributed by atoms with E-state index in [0.29, 0.717) is 25.9 Å². The molecule has 13 heteroatoms. The smallest absolute Gasteiger partial charge is 0.245 e. The minimum absolute atomic E-state index is 0.0225. The topological polar surface area (TPSA) is 139 Å². The fraction of sp³-hybridized carbons (Fsp3) is 0.750. The lowest BCUT2D eigenvalue weighted by atomic mass is 9.82. The van der Waals surface area contributed by atoms with Gasteiger partial charge in [-0.2, -0.15) is 0 Å². The van der Waals surface area contributed by atoms with E-state index in [9.17, 15) is 23.6 Å². The summed E-state index contributed by atoms with van der Waals surface area (Å²) >= 11 is 0. The third-order valence-electron chi connectivity index (χ3n) is 11.2. The molecule has 0 saturated carbocycles. The SMILES string of the molecule is CCC(C)[C@@H]([C@@H](CC(=O)N1C[C@@H](OC)C[C@@]1(C)[C@H](OC)[C@@H](C)C(=O)NCCc1ccc(F)cc1)OC)N(C)C(=O)[C@@H](NC(=O)[C@@H](NC)C(C)C)C(C)C. The third-order valence-corrected chi connectivity index (χ3v) is 11.2. The summed E-state index contributed by atoms with van der Waals surface area (Å²) in [7, 11) is 8.14. The number of nitrogens with zero attached hydrogens (tertiary/aromatic N) is 2. The number of carbonyl (C=O) groups excluding carboxylic acids is 4. The number of rotatable bonds is 21. The maximum absolute atomic E-state index is 14.5. The lowest BCUT2D eigenvalue weighted by molar-refractivity contribution is -0.152. The lowest BCUT2D eigenvalue weighted by Gasteiger charge is -2.44. The molecule has 53 heavy (non-hydrogen) atoms. The quantitative estimate of drug-likeness (QED) is 0.173. The van der Waals surface area contributed by atoms with Crippen molar-refractivity contribution in [1.82, 2.24) is 25.8 Å². The van der Waals surface area contributed by atoms with Crippen molar-refractivity contribution >= 4 is 23.6 Å². The molecular weight excluding hydrogens is 681 g/mol. The van der Waals surface area contributed by atoms with Crippen molar-refractivity contribution in [2.24, 2.45) is 23.7 Å². The van der Waals surface area contributed by atoms with E-state index in [1.807, 2.05) is 48.5 Å². The highest BCUT2D eigenvalue weighted by Crippen LogP contribution is 2.39. The molecule has 302 valence electrons. The van der Waals surface area contributed by atoms with Crippen molar-refractivity contribution in [2.75, 3.05) is 48.5 Å². The Kier molecular flexibility index (Phi) is 18.3. The van der Waals surface area contributed by atoms with Crippen molar-refractivity contribution in [3.8, 4) is 0 Å². The van der Waals surface area contributed by atoms with Gasteiger partial charge < -0.3 is 40.0 Å². The maximum Gasteiger partial charge on any atom is 0.245 e. The van der Waals surface area contributed by atoms with Crippen molar-refractivity contribution in [3.63, 3.8) is 0 Å². The molecule has 3 N–H and O–H groups in total. The number of methoxy groups -OCH3 is 3. The van der Waals surface area contributed by atoms with Crippen molar-refractivity contribution in [3.05, 3.63) is 35.6 Å². The number of benzene rings is 1. The number of ether oxygens (including phenoxy) is 3. The Morgan fingerprint density at radius 2 is 1.57 bits per heavy atom. The number of likely N-dealkylation sites (tertiary alicyclic amines) is 1. The van der Waals surface area contributed by atoms with Gasteiger partial charge >= 0.3 is 0 Å². The van der Waals surface area contributed by atoms with Gasteiger partial charge in [0.05, 0.1) is 48.3 Å². The average molecular weight is 750 g/mol. The van der Waals surface area contributed by atoms with E-state index in [1.165, 1.54) is 12.1 Å². The fourth-order valence-corrected chi connectivity index (χ4v) is 7.89. The van der Waals surface area contributed by atoms with Crippen LogP contribution in [-0.2, 0) is 39.8 Å². The van der Waals surface area contributed by atoms with Crippen molar-refractivity contribution in [1.29, 1.82) is 0 Å². The molecular formula is C40H68FN5O7. The summed E-state index contributed by atoms with van der Waals surface area (Å²) in [5.74, 6) is -2.08. The number of likely N-dealkylation sites (N-methyl/N-ethyl adjacent to an activating group) is 2. The zero-order valence-electron chi connectivity index (χ0n) is 34.5. The summed E-state index contributed by atoms with van der Waals surface area (Å²) in [6.45, 7) is 16.1. The van der Waals surface area contributed by atoms with Crippen LogP contribution in [0.4, 0.5) is 4.39 Å². The molecule has 1 unspecified atom stereocenters. The summed E-state index contributed by atoms with van der Waals surface area (Å²) in [6, 6.07) is 4.45. The van der Waals surface area contributed by atoms with Crippen LogP contribution in [0, 0.1) is 29.5 Å². The molecule has 9 atom stereocenters. The second-order valence-corrected chi connectivity index (χ2v) is 15.6. The van der Waals surface area contributed by atoms with Crippen LogP contribution in [0.5, 0.6) is 0 Å². The summed E-state index contributed by atoms with van der Waals surface area (Å²) in [4.78, 5) is 58.7. The van der Waals surface area contributed by atoms with Gasteiger partial charge in [-0.25, -0.2) is 4.39 Å². The van der Waals surface area contributed by atoms with Crippen LogP contribution < -0.4 is 16.0 Å². The standard InChI is InChI=1S/C40H68FN5O7/c1-14-26(6)35(45(10)39(50)34(25(4)5)44-38(49)33(42-9)24(2)3)31(52-12)21-32(47)46-23-30(51-11)22-40(46,8)36(53-13)27(7)37(48)43-20-19-28-15-17-29(41)18-16-28/h15-18,24-27,30-31,33-36,42H,14,19-23H2,1-13H3,(H,43,48)(H,44,49)/t26?,27-,30+,31-,33+,34+,35+,36-,40+/m1/s1. The van der Waals surface area contributed by atoms with Gasteiger partial charge in [0.2, 0.25) is 23.6 Å². The third kappa shape index (κ3) is 11.7. The van der Waals surface area contributed by atoms with Crippen LogP contribution >= 0.6 is 0 Å². The molecule has 0 aliphatic carbocycles. The van der Waals surface area contributed by atoms with Gasteiger partial charge in [0.15, 0.2) is 0 Å². The van der Waals surface area contributed by atoms with Gasteiger partial charge in [0.25, 0.3) is 0 Å². The Hall–Kier alpha value is -3.13. The molecule has 0 spiro atoms. The highest BCUT2D eigenvalue weighted by molar-refractivity contribution is 5.90. The number of hydrogen-bond donors (Lipinski definition) is 3. The zero-order valence-corrected chi connectivity index (χ0v) is 34.5. The zero-order chi connectivity index (χ0) is 40.2. The molecule has 0 aromatic heterocycles. The number of nitrogens with one attached hydrogen (secondary N) is 3. The van der Waals surface area contributed by atoms with E-state index < -0.39 is 41.8 Å². The predicted molar refractivity (Wildman–Crippen MR) is 204 cm³/mol. The summed E-state index contributed by atoms with van der Waals surface area (Å²) in [6.07, 6.45) is 0.0503. The van der Waals surface area contributed by atoms with Gasteiger partial charge in [0, 0.05) is 47.9 Å². The summed E-state index contributed by atoms with van der Waals surface area (Å²) < 4.78 is 31.2. The molecule has 12 nitrogen and oxygen atoms in total. The Labute approximate surface area is 317 Å². The first-order valence-electron chi connectivity index (χ1n) is 19.1. The van der Waals surface area contributed by atoms with Gasteiger partial charge in [-0.1, -0.05) is 67.0 Å². The first-order chi connectivity index (χ1) is 24.9. The van der Waals surface area contributed by atoms with Gasteiger partial charge in [0.1, 0.15) is 11.9 Å². The molecule has 1 aromatic carbocycles. The first-order valence-corrected chi connectivity index (χ1v) is 19.1. The Balaban J connectivity index is 2.33. The van der Waals surface area contributed by atoms with Crippen LogP contribution in [0.15, 0.2) is 24.3 Å². The fourth-order valence-electron chi connectivity index (χ4n) is 7.89. The van der Waals surface area contributed by atoms with Crippen LogP contribution in [0.2, 0.25) is 0 Å². The molecule has 1 aliphatic heterocycles. The largest absolute Gasteiger partial charge is 0.380 e. The molecule has 1 heterocycles. The van der Waals surface area contributed by atoms with E-state index in [-0.39, 0.29) is 59.7 Å². The number of hydrogen-bond acceptors (Lipinski definition) is 8. The highest BCUT2D eigenvalue weighted by atomic mass is 19.1. The van der Waals surface area contributed by atoms with E-state index in [2.05, 4.69) is 16.0 Å². The molecule has 1 aliphatic rings. The van der Waals surface area contributed by atoms with Gasteiger partial charge in [-0.05, 0) is 55.8 Å². The monoisotopic (exact) mass is 750 g/mol. The number of carbonyl (C=O) groups is 4. The van der Waals surface area contributed by atoms with E-state index >= 15 is 0 Å². The van der Waals surface area contributed by atoms with Crippen LogP contribution in [0.25, 0.3) is 0 Å². The van der Waals surface area contributed by atoms with Gasteiger partial charge in [-0.3, -0.25) is 19.2 Å². The molecule has 4 amide bonds. The van der Waals surface area contributed by atoms with Crippen molar-refractivity contribution < 1.29 is 37.8 Å². The van der Waals surface area contributed by atoms with E-state index in [0.717, 1.165) is 12.0 Å². The molecule has 1 fully saturated rings. The van der Waals surface area contributed by atoms with Crippen molar-refractivity contribution in [2.45, 2.75) is 123 Å². The minimum atomic E-state index is -0.903. The summed E-state index contributed by atoms with van der Waals surface area (Å²) in [5.41, 5.74) is -0.00164. The predicted octanol–water partition coefficient (Wildman–Crippen LogP) is 3.80. The Morgan fingerprint density at radius 1 is 0.962 bits per heavy atom. The second kappa shape index (κ2) is 21.1. The lowest BCUT2D eigenvalue weighted by Crippen LogP contribution is -2.60. The molecule has 0 radical (unpaired) electrons. The number of halogens is 1. The van der Waals surface area contributed by atoms with Crippen LogP contribution in [0.1, 0.15) is 80.2 Å². The van der Waals surface area contributed by atoms with E-state index in [1.54, 1.807) is 64.3 Å². The average Bonchev–Trinajstić information content (AvgIpc) is 3.47. The molecule has 1 aromatic rings. The minimum Gasteiger partial charge on any atom is -0.380 e. The normalized spacial score (nSPS) is 21.4.